The molecule has 26 heavy (non-hydrogen) atoms. The van der Waals surface area contributed by atoms with E-state index >= 15 is 0 Å². The Morgan fingerprint density at radius 2 is 1.73 bits per heavy atom. The summed E-state index contributed by atoms with van der Waals surface area (Å²) in [6, 6.07) is 5.59. The fourth-order valence-corrected chi connectivity index (χ4v) is 3.13. The minimum absolute atomic E-state index is 0.0103. The van der Waals surface area contributed by atoms with Crippen LogP contribution in [0.4, 0.5) is 4.79 Å². The lowest BCUT2D eigenvalue weighted by atomic mass is 9.85. The first-order valence-corrected chi connectivity index (χ1v) is 9.17. The van der Waals surface area contributed by atoms with Crippen molar-refractivity contribution in [1.82, 2.24) is 9.80 Å². The van der Waals surface area contributed by atoms with Crippen LogP contribution in [0, 0.1) is 0 Å². The van der Waals surface area contributed by atoms with E-state index < -0.39 is 0 Å². The van der Waals surface area contributed by atoms with Gasteiger partial charge in [0.25, 0.3) is 5.91 Å². The van der Waals surface area contributed by atoms with Gasteiger partial charge in [-0.2, -0.15) is 0 Å². The van der Waals surface area contributed by atoms with Gasteiger partial charge in [-0.1, -0.05) is 20.8 Å². The van der Waals surface area contributed by atoms with Crippen molar-refractivity contribution in [3.8, 4) is 5.75 Å². The summed E-state index contributed by atoms with van der Waals surface area (Å²) in [5.41, 5.74) is 1.54. The lowest BCUT2D eigenvalue weighted by Crippen LogP contribution is -2.37. The van der Waals surface area contributed by atoms with Crippen molar-refractivity contribution in [1.29, 1.82) is 0 Å². The van der Waals surface area contributed by atoms with E-state index in [9.17, 15) is 9.59 Å². The van der Waals surface area contributed by atoms with Gasteiger partial charge >= 0.3 is 6.09 Å². The largest absolute Gasteiger partial charge is 0.496 e. The molecule has 0 aromatic heterocycles. The highest BCUT2D eigenvalue weighted by molar-refractivity contribution is 5.94. The van der Waals surface area contributed by atoms with Gasteiger partial charge in [0.15, 0.2) is 0 Å². The molecule has 1 aromatic carbocycles. The number of ether oxygens (including phenoxy) is 2. The molecule has 0 N–H and O–H groups in total. The summed E-state index contributed by atoms with van der Waals surface area (Å²) in [6.45, 7) is 10.7. The number of carbonyl (C=O) groups excluding carboxylic acids is 2. The van der Waals surface area contributed by atoms with Crippen LogP contribution in [0.15, 0.2) is 18.2 Å². The Hall–Kier alpha value is -2.24. The van der Waals surface area contributed by atoms with Crippen LogP contribution in [-0.2, 0) is 10.2 Å². The van der Waals surface area contributed by atoms with Crippen molar-refractivity contribution in [2.75, 3.05) is 39.9 Å². The van der Waals surface area contributed by atoms with Crippen LogP contribution in [0.3, 0.4) is 0 Å². The van der Waals surface area contributed by atoms with Crippen molar-refractivity contribution in [2.24, 2.45) is 0 Å². The van der Waals surface area contributed by atoms with E-state index in [0.29, 0.717) is 38.3 Å². The molecule has 1 saturated heterocycles. The lowest BCUT2D eigenvalue weighted by molar-refractivity contribution is 0.0753. The molecule has 0 aliphatic carbocycles. The third-order valence-corrected chi connectivity index (χ3v) is 4.56. The molecule has 6 heteroatoms. The molecule has 0 atom stereocenters. The predicted octanol–water partition coefficient (Wildman–Crippen LogP) is 3.30. The van der Waals surface area contributed by atoms with Crippen molar-refractivity contribution in [2.45, 2.75) is 39.5 Å². The van der Waals surface area contributed by atoms with E-state index in [4.69, 9.17) is 9.47 Å². The zero-order chi connectivity index (χ0) is 19.3. The first-order chi connectivity index (χ1) is 12.3. The van der Waals surface area contributed by atoms with E-state index in [1.807, 2.05) is 23.1 Å². The number of benzene rings is 1. The Bertz CT molecular complexity index is 652. The van der Waals surface area contributed by atoms with Crippen LogP contribution in [0.25, 0.3) is 0 Å². The van der Waals surface area contributed by atoms with Gasteiger partial charge in [-0.05, 0) is 37.0 Å². The van der Waals surface area contributed by atoms with Crippen LogP contribution in [0.2, 0.25) is 0 Å². The summed E-state index contributed by atoms with van der Waals surface area (Å²) in [6.07, 6.45) is 0.439. The Kier molecular flexibility index (Phi) is 6.51. The van der Waals surface area contributed by atoms with E-state index in [2.05, 4.69) is 20.8 Å². The monoisotopic (exact) mass is 362 g/mol. The molecular weight excluding hydrogens is 332 g/mol. The smallest absolute Gasteiger partial charge is 0.409 e. The second-order valence-corrected chi connectivity index (χ2v) is 7.50. The van der Waals surface area contributed by atoms with Gasteiger partial charge in [0.2, 0.25) is 0 Å². The zero-order valence-electron chi connectivity index (χ0n) is 16.5. The second kappa shape index (κ2) is 8.43. The van der Waals surface area contributed by atoms with Gasteiger partial charge in [0.1, 0.15) is 5.75 Å². The van der Waals surface area contributed by atoms with Crippen LogP contribution >= 0.6 is 0 Å². The van der Waals surface area contributed by atoms with Crippen molar-refractivity contribution in [3.63, 3.8) is 0 Å². The summed E-state index contributed by atoms with van der Waals surface area (Å²) in [5, 5.41) is 0. The average Bonchev–Trinajstić information content (AvgIpc) is 2.86. The molecule has 1 fully saturated rings. The molecule has 2 amide bonds. The highest BCUT2D eigenvalue weighted by Gasteiger charge is 2.25. The molecule has 0 bridgehead atoms. The summed E-state index contributed by atoms with van der Waals surface area (Å²) in [4.78, 5) is 28.4. The molecule has 144 valence electrons. The SMILES string of the molecule is CCOC(=O)N1CCCN(C(=O)c2ccc(OC)c(C(C)(C)C)c2)CC1. The summed E-state index contributed by atoms with van der Waals surface area (Å²) >= 11 is 0. The van der Waals surface area contributed by atoms with E-state index in [1.165, 1.54) is 0 Å². The van der Waals surface area contributed by atoms with Crippen molar-refractivity contribution in [3.05, 3.63) is 29.3 Å². The highest BCUT2D eigenvalue weighted by Crippen LogP contribution is 2.32. The first kappa shape index (κ1) is 20.1. The number of methoxy groups -OCH3 is 1. The number of amides is 2. The topological polar surface area (TPSA) is 59.1 Å². The van der Waals surface area contributed by atoms with Crippen LogP contribution in [0.5, 0.6) is 5.75 Å². The molecule has 2 rings (SSSR count). The number of carbonyl (C=O) groups is 2. The van der Waals surface area contributed by atoms with E-state index in [1.54, 1.807) is 18.9 Å². The van der Waals surface area contributed by atoms with Crippen molar-refractivity contribution >= 4 is 12.0 Å². The standard InChI is InChI=1S/C20H30N2O4/c1-6-26-19(24)22-11-7-10-21(12-13-22)18(23)15-8-9-17(25-5)16(14-15)20(2,3)4/h8-9,14H,6-7,10-13H2,1-5H3. The Morgan fingerprint density at radius 1 is 1.08 bits per heavy atom. The van der Waals surface area contributed by atoms with Crippen LogP contribution in [0.1, 0.15) is 50.0 Å². The maximum absolute atomic E-state index is 13.0. The first-order valence-electron chi connectivity index (χ1n) is 9.17. The Morgan fingerprint density at radius 3 is 2.35 bits per heavy atom. The number of hydrogen-bond acceptors (Lipinski definition) is 4. The minimum atomic E-state index is -0.304. The van der Waals surface area contributed by atoms with Crippen molar-refractivity contribution < 1.29 is 19.1 Å². The van der Waals surface area contributed by atoms with Gasteiger partial charge < -0.3 is 19.3 Å². The maximum atomic E-state index is 13.0. The third-order valence-electron chi connectivity index (χ3n) is 4.56. The normalized spacial score (nSPS) is 15.4. The molecule has 0 saturated carbocycles. The minimum Gasteiger partial charge on any atom is -0.496 e. The summed E-state index contributed by atoms with van der Waals surface area (Å²) < 4.78 is 10.5. The summed E-state index contributed by atoms with van der Waals surface area (Å²) in [5.74, 6) is 0.780. The molecule has 0 spiro atoms. The van der Waals surface area contributed by atoms with E-state index in [0.717, 1.165) is 17.7 Å². The Labute approximate surface area is 156 Å². The lowest BCUT2D eigenvalue weighted by Gasteiger charge is -2.25. The number of hydrogen-bond donors (Lipinski definition) is 0. The Balaban J connectivity index is 2.15. The quantitative estimate of drug-likeness (QED) is 0.828. The molecule has 1 aliphatic heterocycles. The highest BCUT2D eigenvalue weighted by atomic mass is 16.6. The molecule has 6 nitrogen and oxygen atoms in total. The van der Waals surface area contributed by atoms with Gasteiger partial charge in [-0.15, -0.1) is 0 Å². The second-order valence-electron chi connectivity index (χ2n) is 7.50. The van der Waals surface area contributed by atoms with Gasteiger partial charge in [0, 0.05) is 37.3 Å². The molecular formula is C20H30N2O4. The van der Waals surface area contributed by atoms with Gasteiger partial charge in [0.05, 0.1) is 13.7 Å². The third kappa shape index (κ3) is 4.68. The maximum Gasteiger partial charge on any atom is 0.409 e. The fourth-order valence-electron chi connectivity index (χ4n) is 3.13. The van der Waals surface area contributed by atoms with Crippen LogP contribution < -0.4 is 4.74 Å². The van der Waals surface area contributed by atoms with E-state index in [-0.39, 0.29) is 17.4 Å². The fraction of sp³-hybridized carbons (Fsp3) is 0.600. The van der Waals surface area contributed by atoms with Gasteiger partial charge in [-0.25, -0.2) is 4.79 Å². The molecule has 1 heterocycles. The predicted molar refractivity (Wildman–Crippen MR) is 101 cm³/mol. The van der Waals surface area contributed by atoms with Gasteiger partial charge in [-0.3, -0.25) is 4.79 Å². The zero-order valence-corrected chi connectivity index (χ0v) is 16.5. The average molecular weight is 362 g/mol. The molecule has 1 aromatic rings. The summed E-state index contributed by atoms with van der Waals surface area (Å²) in [7, 11) is 1.64. The molecule has 1 aliphatic rings. The number of rotatable bonds is 3. The number of nitrogens with zero attached hydrogens (tertiary/aromatic N) is 2. The molecule has 0 unspecified atom stereocenters. The molecule has 0 radical (unpaired) electrons. The van der Waals surface area contributed by atoms with Crippen LogP contribution in [-0.4, -0.2) is 61.7 Å².